The van der Waals surface area contributed by atoms with Crippen LogP contribution in [0.2, 0.25) is 0 Å². The minimum absolute atomic E-state index is 0.0654. The molecule has 1 atom stereocenters. The van der Waals surface area contributed by atoms with E-state index in [0.29, 0.717) is 13.0 Å². The predicted octanol–water partition coefficient (Wildman–Crippen LogP) is 2.73. The van der Waals surface area contributed by atoms with E-state index in [-0.39, 0.29) is 11.5 Å². The van der Waals surface area contributed by atoms with Crippen LogP contribution in [0.4, 0.5) is 4.39 Å². The molecule has 0 spiro atoms. The number of hydrogen-bond acceptors (Lipinski definition) is 3. The lowest BCUT2D eigenvalue weighted by Gasteiger charge is -2.25. The Balaban J connectivity index is 1.75. The van der Waals surface area contributed by atoms with Crippen molar-refractivity contribution in [3.63, 3.8) is 0 Å². The third kappa shape index (κ3) is 3.28. The first-order valence-electron chi connectivity index (χ1n) is 7.44. The third-order valence-corrected chi connectivity index (χ3v) is 4.08. The number of rotatable bonds is 4. The molecule has 2 aromatic rings. The summed E-state index contributed by atoms with van der Waals surface area (Å²) in [6.45, 7) is 0.573. The zero-order valence-electron chi connectivity index (χ0n) is 12.8. The number of carbonyl (C=O) groups excluding carboxylic acids is 1. The Hall–Kier alpha value is -2.56. The molecule has 0 saturated heterocycles. The van der Waals surface area contributed by atoms with Gasteiger partial charge in [0, 0.05) is 12.0 Å². The van der Waals surface area contributed by atoms with Crippen LogP contribution in [0.5, 0.6) is 11.5 Å². The van der Waals surface area contributed by atoms with Gasteiger partial charge in [-0.25, -0.2) is 4.39 Å². The molecule has 0 fully saturated rings. The first-order valence-corrected chi connectivity index (χ1v) is 7.44. The van der Waals surface area contributed by atoms with Crippen molar-refractivity contribution in [1.82, 2.24) is 0 Å². The van der Waals surface area contributed by atoms with E-state index in [4.69, 9.17) is 15.2 Å². The molecule has 5 heteroatoms. The third-order valence-electron chi connectivity index (χ3n) is 4.08. The fourth-order valence-electron chi connectivity index (χ4n) is 2.90. The van der Waals surface area contributed by atoms with E-state index in [1.54, 1.807) is 13.2 Å². The number of hydrogen-bond donors (Lipinski definition) is 1. The van der Waals surface area contributed by atoms with Gasteiger partial charge in [0.1, 0.15) is 17.3 Å². The first-order chi connectivity index (χ1) is 11.1. The summed E-state index contributed by atoms with van der Waals surface area (Å²) in [5.74, 6) is 0.548. The lowest BCUT2D eigenvalue weighted by Crippen LogP contribution is -2.23. The second-order valence-corrected chi connectivity index (χ2v) is 5.74. The number of primary amides is 1. The molecule has 1 heterocycles. The van der Waals surface area contributed by atoms with E-state index in [9.17, 15) is 9.18 Å². The number of fused-ring (bicyclic) bond motifs is 1. The SMILES string of the molecule is COc1ccc2c(c1)OC[C@@H](Cc1ccc(F)c(C(N)=O)c1)C2. The second kappa shape index (κ2) is 6.28. The highest BCUT2D eigenvalue weighted by Gasteiger charge is 2.21. The van der Waals surface area contributed by atoms with Crippen molar-refractivity contribution in [1.29, 1.82) is 0 Å². The molecule has 0 aromatic heterocycles. The van der Waals surface area contributed by atoms with E-state index >= 15 is 0 Å². The van der Waals surface area contributed by atoms with Crippen molar-refractivity contribution >= 4 is 5.91 Å². The van der Waals surface area contributed by atoms with Crippen molar-refractivity contribution in [3.05, 3.63) is 58.9 Å². The molecule has 0 bridgehead atoms. The number of nitrogens with two attached hydrogens (primary N) is 1. The zero-order chi connectivity index (χ0) is 16.4. The maximum absolute atomic E-state index is 13.5. The maximum Gasteiger partial charge on any atom is 0.251 e. The molecule has 1 amide bonds. The first kappa shape index (κ1) is 15.3. The van der Waals surface area contributed by atoms with Crippen molar-refractivity contribution in [2.24, 2.45) is 11.7 Å². The minimum atomic E-state index is -0.748. The van der Waals surface area contributed by atoms with Crippen molar-refractivity contribution in [2.75, 3.05) is 13.7 Å². The molecule has 23 heavy (non-hydrogen) atoms. The van der Waals surface area contributed by atoms with Gasteiger partial charge in [0.05, 0.1) is 19.3 Å². The Morgan fingerprint density at radius 3 is 2.91 bits per heavy atom. The number of carbonyl (C=O) groups is 1. The molecule has 4 nitrogen and oxygen atoms in total. The number of methoxy groups -OCH3 is 1. The molecular weight excluding hydrogens is 297 g/mol. The molecule has 0 saturated carbocycles. The lowest BCUT2D eigenvalue weighted by atomic mass is 9.90. The molecule has 0 unspecified atom stereocenters. The smallest absolute Gasteiger partial charge is 0.251 e. The molecule has 0 radical (unpaired) electrons. The molecule has 2 N–H and O–H groups in total. The van der Waals surface area contributed by atoms with Crippen LogP contribution in [-0.2, 0) is 12.8 Å². The van der Waals surface area contributed by atoms with Gasteiger partial charge < -0.3 is 15.2 Å². The van der Waals surface area contributed by atoms with Crippen LogP contribution in [-0.4, -0.2) is 19.6 Å². The van der Waals surface area contributed by atoms with Crippen molar-refractivity contribution < 1.29 is 18.7 Å². The number of halogens is 1. The average molecular weight is 315 g/mol. The van der Waals surface area contributed by atoms with Crippen molar-refractivity contribution in [2.45, 2.75) is 12.8 Å². The fourth-order valence-corrected chi connectivity index (χ4v) is 2.90. The normalized spacial score (nSPS) is 16.3. The predicted molar refractivity (Wildman–Crippen MR) is 84.3 cm³/mol. The summed E-state index contributed by atoms with van der Waals surface area (Å²) < 4.78 is 24.5. The van der Waals surface area contributed by atoms with Gasteiger partial charge in [0.25, 0.3) is 5.91 Å². The van der Waals surface area contributed by atoms with Gasteiger partial charge in [-0.1, -0.05) is 12.1 Å². The van der Waals surface area contributed by atoms with E-state index in [2.05, 4.69) is 0 Å². The molecule has 2 aromatic carbocycles. The quantitative estimate of drug-likeness (QED) is 0.943. The second-order valence-electron chi connectivity index (χ2n) is 5.74. The van der Waals surface area contributed by atoms with Gasteiger partial charge in [0.15, 0.2) is 0 Å². The summed E-state index contributed by atoms with van der Waals surface area (Å²) in [5.41, 5.74) is 7.13. The standard InChI is InChI=1S/C18H18FNO3/c1-22-14-4-3-13-7-12(10-23-17(13)9-14)6-11-2-5-16(19)15(8-11)18(20)21/h2-5,8-9,12H,6-7,10H2,1H3,(H2,20,21)/t12-/m0/s1. The Morgan fingerprint density at radius 2 is 2.17 bits per heavy atom. The minimum Gasteiger partial charge on any atom is -0.497 e. The monoisotopic (exact) mass is 315 g/mol. The van der Waals surface area contributed by atoms with Gasteiger partial charge in [0.2, 0.25) is 0 Å². The topological polar surface area (TPSA) is 61.6 Å². The maximum atomic E-state index is 13.5. The van der Waals surface area contributed by atoms with Crippen LogP contribution in [0.3, 0.4) is 0 Å². The lowest BCUT2D eigenvalue weighted by molar-refractivity contribution is 0.0996. The average Bonchev–Trinajstić information content (AvgIpc) is 2.56. The van der Waals surface area contributed by atoms with Gasteiger partial charge in [-0.2, -0.15) is 0 Å². The van der Waals surface area contributed by atoms with E-state index in [1.165, 1.54) is 12.1 Å². The van der Waals surface area contributed by atoms with E-state index < -0.39 is 11.7 Å². The highest BCUT2D eigenvalue weighted by molar-refractivity contribution is 5.93. The Bertz CT molecular complexity index is 745. The molecular formula is C18H18FNO3. The summed E-state index contributed by atoms with van der Waals surface area (Å²) in [6.07, 6.45) is 1.56. The van der Waals surface area contributed by atoms with Gasteiger partial charge in [-0.15, -0.1) is 0 Å². The Morgan fingerprint density at radius 1 is 1.35 bits per heavy atom. The number of amides is 1. The molecule has 120 valence electrons. The Labute approximate surface area is 134 Å². The van der Waals surface area contributed by atoms with Crippen LogP contribution in [0.1, 0.15) is 21.5 Å². The van der Waals surface area contributed by atoms with E-state index in [1.807, 2.05) is 18.2 Å². The summed E-state index contributed by atoms with van der Waals surface area (Å²) in [6, 6.07) is 10.3. The van der Waals surface area contributed by atoms with Gasteiger partial charge in [-0.3, -0.25) is 4.79 Å². The summed E-state index contributed by atoms with van der Waals surface area (Å²) in [4.78, 5) is 11.2. The van der Waals surface area contributed by atoms with Crippen LogP contribution >= 0.6 is 0 Å². The largest absolute Gasteiger partial charge is 0.497 e. The van der Waals surface area contributed by atoms with Crippen LogP contribution < -0.4 is 15.2 Å². The summed E-state index contributed by atoms with van der Waals surface area (Å²) in [7, 11) is 1.62. The van der Waals surface area contributed by atoms with E-state index in [0.717, 1.165) is 29.0 Å². The van der Waals surface area contributed by atoms with Crippen LogP contribution in [0.25, 0.3) is 0 Å². The van der Waals surface area contributed by atoms with Gasteiger partial charge >= 0.3 is 0 Å². The molecule has 0 aliphatic carbocycles. The fraction of sp³-hybridized carbons (Fsp3) is 0.278. The highest BCUT2D eigenvalue weighted by Crippen LogP contribution is 2.32. The Kier molecular flexibility index (Phi) is 4.19. The van der Waals surface area contributed by atoms with Gasteiger partial charge in [-0.05, 0) is 42.2 Å². The summed E-state index contributed by atoms with van der Waals surface area (Å²) >= 11 is 0. The molecule has 1 aliphatic rings. The molecule has 1 aliphatic heterocycles. The van der Waals surface area contributed by atoms with Crippen LogP contribution in [0.15, 0.2) is 36.4 Å². The van der Waals surface area contributed by atoms with Crippen LogP contribution in [0, 0.1) is 11.7 Å². The number of benzene rings is 2. The highest BCUT2D eigenvalue weighted by atomic mass is 19.1. The zero-order valence-corrected chi connectivity index (χ0v) is 12.8. The molecule has 3 rings (SSSR count). The summed E-state index contributed by atoms with van der Waals surface area (Å²) in [5, 5.41) is 0. The number of ether oxygens (including phenoxy) is 2. The van der Waals surface area contributed by atoms with Crippen molar-refractivity contribution in [3.8, 4) is 11.5 Å².